The summed E-state index contributed by atoms with van der Waals surface area (Å²) in [5, 5.41) is 5.73. The third kappa shape index (κ3) is 3.75. The summed E-state index contributed by atoms with van der Waals surface area (Å²) in [4.78, 5) is 31.2. The van der Waals surface area contributed by atoms with Gasteiger partial charge in [0.1, 0.15) is 16.5 Å². The van der Waals surface area contributed by atoms with Crippen molar-refractivity contribution in [2.24, 2.45) is 0 Å². The van der Waals surface area contributed by atoms with Crippen molar-refractivity contribution < 1.29 is 14.3 Å². The second-order valence-electron chi connectivity index (χ2n) is 8.69. The summed E-state index contributed by atoms with van der Waals surface area (Å²) in [5.41, 5.74) is 9.02. The molecule has 10 heteroatoms. The molecule has 0 saturated carbocycles. The number of aryl methyl sites for hydroxylation is 2. The molecule has 1 fully saturated rings. The number of nitrogens with two attached hydrogens (primary N) is 1. The lowest BCUT2D eigenvalue weighted by Crippen LogP contribution is -2.27. The first-order valence-corrected chi connectivity index (χ1v) is 12.0. The highest BCUT2D eigenvalue weighted by molar-refractivity contribution is 6.30. The predicted octanol–water partition coefficient (Wildman–Crippen LogP) is 4.46. The van der Waals surface area contributed by atoms with E-state index >= 15 is 0 Å². The lowest BCUT2D eigenvalue weighted by molar-refractivity contribution is -0.0366. The van der Waals surface area contributed by atoms with Crippen LogP contribution in [0, 0.1) is 13.8 Å². The van der Waals surface area contributed by atoms with Crippen molar-refractivity contribution in [3.63, 3.8) is 0 Å². The molecule has 1 aliphatic rings. The third-order valence-electron chi connectivity index (χ3n) is 6.40. The van der Waals surface area contributed by atoms with Crippen LogP contribution in [0.2, 0.25) is 5.15 Å². The molecule has 0 bridgehead atoms. The van der Waals surface area contributed by atoms with Crippen LogP contribution >= 0.6 is 11.6 Å². The van der Waals surface area contributed by atoms with Crippen LogP contribution in [0.4, 0.5) is 5.82 Å². The topological polar surface area (TPSA) is 114 Å². The van der Waals surface area contributed by atoms with Gasteiger partial charge in [0.05, 0.1) is 34.9 Å². The van der Waals surface area contributed by atoms with Crippen LogP contribution in [0.1, 0.15) is 53.9 Å². The van der Waals surface area contributed by atoms with Gasteiger partial charge < -0.3 is 15.2 Å². The predicted molar refractivity (Wildman–Crippen MR) is 134 cm³/mol. The zero-order valence-electron chi connectivity index (χ0n) is 19.8. The quantitative estimate of drug-likeness (QED) is 0.328. The van der Waals surface area contributed by atoms with Gasteiger partial charge in [0.15, 0.2) is 6.23 Å². The normalized spacial score (nSPS) is 16.2. The number of esters is 1. The minimum absolute atomic E-state index is 0.00255. The van der Waals surface area contributed by atoms with Crippen molar-refractivity contribution in [1.29, 1.82) is 0 Å². The highest BCUT2D eigenvalue weighted by Gasteiger charge is 2.27. The zero-order chi connectivity index (χ0) is 24.9. The van der Waals surface area contributed by atoms with E-state index in [0.29, 0.717) is 17.9 Å². The highest BCUT2D eigenvalue weighted by atomic mass is 35.5. The van der Waals surface area contributed by atoms with Crippen LogP contribution in [-0.2, 0) is 9.47 Å². The highest BCUT2D eigenvalue weighted by Crippen LogP contribution is 2.33. The molecule has 1 unspecified atom stereocenters. The van der Waals surface area contributed by atoms with Crippen molar-refractivity contribution in [2.45, 2.75) is 46.3 Å². The molecule has 3 aromatic heterocycles. The Morgan fingerprint density at radius 3 is 2.77 bits per heavy atom. The van der Waals surface area contributed by atoms with Gasteiger partial charge in [0.2, 0.25) is 0 Å². The molecule has 1 atom stereocenters. The van der Waals surface area contributed by atoms with Crippen molar-refractivity contribution in [2.75, 3.05) is 18.9 Å². The first-order valence-electron chi connectivity index (χ1n) is 11.6. The lowest BCUT2D eigenvalue weighted by atomic mass is 10.1. The fourth-order valence-electron chi connectivity index (χ4n) is 4.69. The Kier molecular flexibility index (Phi) is 5.98. The van der Waals surface area contributed by atoms with E-state index in [1.165, 1.54) is 4.57 Å². The number of carbonyl (C=O) groups is 1. The van der Waals surface area contributed by atoms with Crippen molar-refractivity contribution in [3.8, 4) is 5.69 Å². The first kappa shape index (κ1) is 23.3. The third-order valence-corrected chi connectivity index (χ3v) is 6.79. The van der Waals surface area contributed by atoms with Crippen LogP contribution in [-0.4, -0.2) is 38.5 Å². The number of hydrogen-bond donors (Lipinski definition) is 1. The summed E-state index contributed by atoms with van der Waals surface area (Å²) in [6, 6.07) is 5.49. The van der Waals surface area contributed by atoms with E-state index in [1.807, 2.05) is 23.7 Å². The molecule has 35 heavy (non-hydrogen) atoms. The average Bonchev–Trinajstić information content (AvgIpc) is 3.27. The van der Waals surface area contributed by atoms with Crippen molar-refractivity contribution >= 4 is 45.2 Å². The van der Waals surface area contributed by atoms with E-state index in [-0.39, 0.29) is 40.3 Å². The van der Waals surface area contributed by atoms with E-state index in [0.717, 1.165) is 35.7 Å². The number of carbonyl (C=O) groups excluding carboxylic acids is 1. The number of pyridine rings is 2. The number of halogens is 1. The molecule has 0 aliphatic carbocycles. The Balaban J connectivity index is 1.85. The first-order chi connectivity index (χ1) is 16.8. The summed E-state index contributed by atoms with van der Waals surface area (Å²) in [7, 11) is 0. The minimum Gasteiger partial charge on any atom is -0.462 e. The molecular formula is C25H26ClN5O4. The standard InChI is InChI=1S/C25H26ClN5O4/c1-4-34-25(33)19-20-15(11-14(3)22(26)29-20)24(32)30(23(19)27)21-13(2)8-9-17-16(21)12-28-31(17)18-7-5-6-10-35-18/h8-9,11-12,18H,4-7,10,27H2,1-3H3. The van der Waals surface area contributed by atoms with Gasteiger partial charge in [-0.2, -0.15) is 5.10 Å². The number of benzene rings is 1. The molecule has 4 heterocycles. The molecule has 5 rings (SSSR count). The molecule has 1 saturated heterocycles. The van der Waals surface area contributed by atoms with E-state index in [4.69, 9.17) is 26.8 Å². The number of nitrogens with zero attached hydrogens (tertiary/aromatic N) is 4. The second-order valence-corrected chi connectivity index (χ2v) is 9.05. The Morgan fingerprint density at radius 1 is 1.26 bits per heavy atom. The number of hydrogen-bond acceptors (Lipinski definition) is 7. The van der Waals surface area contributed by atoms with Gasteiger partial charge in [0.25, 0.3) is 5.56 Å². The molecule has 182 valence electrons. The summed E-state index contributed by atoms with van der Waals surface area (Å²) in [6.45, 7) is 6.15. The van der Waals surface area contributed by atoms with Crippen molar-refractivity contribution in [1.82, 2.24) is 19.3 Å². The number of rotatable bonds is 4. The Hall–Kier alpha value is -3.43. The summed E-state index contributed by atoms with van der Waals surface area (Å²) in [5.74, 6) is -0.738. The smallest absolute Gasteiger partial charge is 0.344 e. The zero-order valence-corrected chi connectivity index (χ0v) is 20.6. The Morgan fingerprint density at radius 2 is 2.06 bits per heavy atom. The summed E-state index contributed by atoms with van der Waals surface area (Å²) in [6.07, 6.45) is 4.47. The van der Waals surface area contributed by atoms with Gasteiger partial charge >= 0.3 is 5.97 Å². The van der Waals surface area contributed by atoms with Crippen LogP contribution in [0.3, 0.4) is 0 Å². The van der Waals surface area contributed by atoms with E-state index in [1.54, 1.807) is 26.1 Å². The maximum Gasteiger partial charge on any atom is 0.344 e. The van der Waals surface area contributed by atoms with Crippen LogP contribution < -0.4 is 11.3 Å². The van der Waals surface area contributed by atoms with Gasteiger partial charge in [-0.15, -0.1) is 0 Å². The molecule has 2 N–H and O–H groups in total. The molecule has 0 radical (unpaired) electrons. The van der Waals surface area contributed by atoms with Gasteiger partial charge in [-0.1, -0.05) is 17.7 Å². The monoisotopic (exact) mass is 495 g/mol. The average molecular weight is 496 g/mol. The van der Waals surface area contributed by atoms with Gasteiger partial charge in [-0.05, 0) is 63.3 Å². The summed E-state index contributed by atoms with van der Waals surface area (Å²) < 4.78 is 14.4. The van der Waals surface area contributed by atoms with Crippen LogP contribution in [0.25, 0.3) is 27.5 Å². The number of aromatic nitrogens is 4. The van der Waals surface area contributed by atoms with Gasteiger partial charge in [0, 0.05) is 12.0 Å². The maximum atomic E-state index is 13.8. The molecular weight excluding hydrogens is 470 g/mol. The Bertz CT molecular complexity index is 1540. The van der Waals surface area contributed by atoms with Gasteiger partial charge in [-0.25, -0.2) is 14.5 Å². The van der Waals surface area contributed by atoms with Gasteiger partial charge in [-0.3, -0.25) is 9.36 Å². The maximum absolute atomic E-state index is 13.8. The second kappa shape index (κ2) is 8.98. The summed E-state index contributed by atoms with van der Waals surface area (Å²) >= 11 is 6.25. The number of fused-ring (bicyclic) bond motifs is 2. The van der Waals surface area contributed by atoms with Crippen LogP contribution in [0.5, 0.6) is 0 Å². The molecule has 1 aromatic carbocycles. The van der Waals surface area contributed by atoms with E-state index in [2.05, 4.69) is 10.1 Å². The molecule has 0 spiro atoms. The SMILES string of the molecule is CCOC(=O)c1c(N)n(-c2c(C)ccc3c2cnn3C2CCCCO2)c(=O)c2cc(C)c(Cl)nc12. The molecule has 4 aromatic rings. The van der Waals surface area contributed by atoms with E-state index < -0.39 is 11.5 Å². The van der Waals surface area contributed by atoms with Crippen LogP contribution in [0.15, 0.2) is 29.2 Å². The molecule has 9 nitrogen and oxygen atoms in total. The van der Waals surface area contributed by atoms with E-state index in [9.17, 15) is 9.59 Å². The number of nitrogen functional groups attached to an aromatic ring is 1. The number of ether oxygens (including phenoxy) is 2. The van der Waals surface area contributed by atoms with Crippen molar-refractivity contribution in [3.05, 3.63) is 56.6 Å². The fraction of sp³-hybridized carbons (Fsp3) is 0.360. The molecule has 0 amide bonds. The largest absolute Gasteiger partial charge is 0.462 e. The lowest BCUT2D eigenvalue weighted by Gasteiger charge is -2.24. The Labute approximate surface area is 206 Å². The fourth-order valence-corrected chi connectivity index (χ4v) is 4.83. The molecule has 1 aliphatic heterocycles. The number of anilines is 1. The minimum atomic E-state index is -0.674.